The third kappa shape index (κ3) is 4.24. The first-order valence-corrected chi connectivity index (χ1v) is 6.74. The fraction of sp³-hybridized carbons (Fsp3) is 0.533. The maximum Gasteiger partial charge on any atom is 0.244 e. The van der Waals surface area contributed by atoms with E-state index >= 15 is 0 Å². The predicted molar refractivity (Wildman–Crippen MR) is 78.5 cm³/mol. The summed E-state index contributed by atoms with van der Waals surface area (Å²) in [4.78, 5) is 12.2. The van der Waals surface area contributed by atoms with Gasteiger partial charge in [-0.3, -0.25) is 4.79 Å². The quantitative estimate of drug-likeness (QED) is 0.830. The molecule has 0 saturated heterocycles. The summed E-state index contributed by atoms with van der Waals surface area (Å²) in [6, 6.07) is 5.69. The van der Waals surface area contributed by atoms with E-state index in [4.69, 9.17) is 10.5 Å². The maximum atomic E-state index is 12.2. The van der Waals surface area contributed by atoms with E-state index in [1.54, 1.807) is 6.92 Å². The molecule has 106 valence electrons. The molecule has 0 fully saturated rings. The highest BCUT2D eigenvalue weighted by Crippen LogP contribution is 2.26. The lowest BCUT2D eigenvalue weighted by Crippen LogP contribution is -2.48. The van der Waals surface area contributed by atoms with Gasteiger partial charge in [0.1, 0.15) is 5.75 Å². The molecule has 0 aliphatic carbocycles. The van der Waals surface area contributed by atoms with Crippen LogP contribution in [0.3, 0.4) is 0 Å². The van der Waals surface area contributed by atoms with Gasteiger partial charge in [-0.15, -0.1) is 0 Å². The lowest BCUT2D eigenvalue weighted by Gasteiger charge is -2.23. The number of carbonyl (C=O) groups is 1. The van der Waals surface area contributed by atoms with E-state index in [0.29, 0.717) is 24.5 Å². The molecule has 0 radical (unpaired) electrons. The standard InChI is InChI=1S/C15H24N2O2/c1-5-9-15(4,16)14(18)17-12-8-7-11(3)10-13(12)19-6-2/h7-8,10H,5-6,9,16H2,1-4H3,(H,17,18). The van der Waals surface area contributed by atoms with Crippen LogP contribution >= 0.6 is 0 Å². The zero-order chi connectivity index (χ0) is 14.5. The minimum absolute atomic E-state index is 0.181. The minimum atomic E-state index is -0.858. The summed E-state index contributed by atoms with van der Waals surface area (Å²) in [5, 5.41) is 2.86. The zero-order valence-corrected chi connectivity index (χ0v) is 12.2. The monoisotopic (exact) mass is 264 g/mol. The molecule has 4 heteroatoms. The summed E-state index contributed by atoms with van der Waals surface area (Å²) in [7, 11) is 0. The van der Waals surface area contributed by atoms with Crippen LogP contribution in [0.2, 0.25) is 0 Å². The maximum absolute atomic E-state index is 12.2. The van der Waals surface area contributed by atoms with E-state index in [0.717, 1.165) is 12.0 Å². The van der Waals surface area contributed by atoms with Gasteiger partial charge in [0.05, 0.1) is 17.8 Å². The van der Waals surface area contributed by atoms with Crippen molar-refractivity contribution in [3.05, 3.63) is 23.8 Å². The molecule has 1 aromatic rings. The van der Waals surface area contributed by atoms with E-state index in [1.807, 2.05) is 39.0 Å². The molecule has 0 bridgehead atoms. The van der Waals surface area contributed by atoms with Gasteiger partial charge in [0.25, 0.3) is 0 Å². The summed E-state index contributed by atoms with van der Waals surface area (Å²) >= 11 is 0. The molecule has 0 aliphatic rings. The van der Waals surface area contributed by atoms with Crippen molar-refractivity contribution < 1.29 is 9.53 Å². The van der Waals surface area contributed by atoms with Gasteiger partial charge in [0.2, 0.25) is 5.91 Å². The number of hydrogen-bond donors (Lipinski definition) is 2. The number of amides is 1. The van der Waals surface area contributed by atoms with Crippen molar-refractivity contribution in [3.63, 3.8) is 0 Å². The first-order chi connectivity index (χ1) is 8.90. The molecule has 4 nitrogen and oxygen atoms in total. The fourth-order valence-electron chi connectivity index (χ4n) is 1.91. The molecular formula is C15H24N2O2. The van der Waals surface area contributed by atoms with Crippen LogP contribution in [0.4, 0.5) is 5.69 Å². The summed E-state index contributed by atoms with van der Waals surface area (Å²) in [6.07, 6.45) is 1.52. The van der Waals surface area contributed by atoms with Crippen LogP contribution in [0.25, 0.3) is 0 Å². The van der Waals surface area contributed by atoms with Gasteiger partial charge >= 0.3 is 0 Å². The van der Waals surface area contributed by atoms with Crippen molar-refractivity contribution >= 4 is 11.6 Å². The lowest BCUT2D eigenvalue weighted by molar-refractivity contribution is -0.120. The topological polar surface area (TPSA) is 64.4 Å². The van der Waals surface area contributed by atoms with Crippen LogP contribution in [-0.4, -0.2) is 18.1 Å². The second-order valence-electron chi connectivity index (χ2n) is 5.05. The Kier molecular flexibility index (Phi) is 5.36. The normalized spacial score (nSPS) is 13.7. The Balaban J connectivity index is 2.90. The van der Waals surface area contributed by atoms with Crippen LogP contribution in [0.5, 0.6) is 5.75 Å². The summed E-state index contributed by atoms with van der Waals surface area (Å²) < 4.78 is 5.54. The van der Waals surface area contributed by atoms with Crippen molar-refractivity contribution in [3.8, 4) is 5.75 Å². The molecule has 1 atom stereocenters. The Labute approximate surface area is 115 Å². The second-order valence-corrected chi connectivity index (χ2v) is 5.05. The highest BCUT2D eigenvalue weighted by atomic mass is 16.5. The number of nitrogens with two attached hydrogens (primary N) is 1. The van der Waals surface area contributed by atoms with Gasteiger partial charge in [-0.25, -0.2) is 0 Å². The van der Waals surface area contributed by atoms with Crippen molar-refractivity contribution in [1.29, 1.82) is 0 Å². The number of ether oxygens (including phenoxy) is 1. The van der Waals surface area contributed by atoms with E-state index in [-0.39, 0.29) is 5.91 Å². The molecule has 0 aliphatic heterocycles. The Morgan fingerprint density at radius 2 is 2.11 bits per heavy atom. The highest BCUT2D eigenvalue weighted by Gasteiger charge is 2.27. The zero-order valence-electron chi connectivity index (χ0n) is 12.2. The first kappa shape index (κ1) is 15.5. The minimum Gasteiger partial charge on any atom is -0.492 e. The van der Waals surface area contributed by atoms with Crippen LogP contribution in [0, 0.1) is 6.92 Å². The van der Waals surface area contributed by atoms with Gasteiger partial charge in [0, 0.05) is 0 Å². The van der Waals surface area contributed by atoms with Gasteiger partial charge in [0.15, 0.2) is 0 Å². The number of carbonyl (C=O) groups excluding carboxylic acids is 1. The molecule has 1 rings (SSSR count). The molecule has 3 N–H and O–H groups in total. The van der Waals surface area contributed by atoms with Crippen molar-refractivity contribution in [2.24, 2.45) is 5.73 Å². The van der Waals surface area contributed by atoms with E-state index in [2.05, 4.69) is 5.32 Å². The van der Waals surface area contributed by atoms with Gasteiger partial charge < -0.3 is 15.8 Å². The van der Waals surface area contributed by atoms with Gasteiger partial charge in [-0.1, -0.05) is 19.4 Å². The molecule has 0 saturated carbocycles. The summed E-state index contributed by atoms with van der Waals surface area (Å²) in [5.41, 5.74) is 6.92. The fourth-order valence-corrected chi connectivity index (χ4v) is 1.91. The molecular weight excluding hydrogens is 240 g/mol. The average molecular weight is 264 g/mol. The molecule has 1 aromatic carbocycles. The lowest BCUT2D eigenvalue weighted by atomic mass is 9.96. The Morgan fingerprint density at radius 3 is 2.68 bits per heavy atom. The number of nitrogens with one attached hydrogen (secondary N) is 1. The van der Waals surface area contributed by atoms with E-state index in [1.165, 1.54) is 0 Å². The van der Waals surface area contributed by atoms with Crippen LogP contribution in [-0.2, 0) is 4.79 Å². The third-order valence-corrected chi connectivity index (χ3v) is 2.97. The molecule has 1 amide bonds. The number of aryl methyl sites for hydroxylation is 1. The number of rotatable bonds is 6. The molecule has 0 aromatic heterocycles. The van der Waals surface area contributed by atoms with E-state index in [9.17, 15) is 4.79 Å². The van der Waals surface area contributed by atoms with Crippen molar-refractivity contribution in [1.82, 2.24) is 0 Å². The molecule has 1 unspecified atom stereocenters. The average Bonchev–Trinajstić information content (AvgIpc) is 2.32. The first-order valence-electron chi connectivity index (χ1n) is 6.74. The Hall–Kier alpha value is -1.55. The summed E-state index contributed by atoms with van der Waals surface area (Å²) in [6.45, 7) is 8.22. The molecule has 0 spiro atoms. The van der Waals surface area contributed by atoms with Crippen LogP contribution in [0.15, 0.2) is 18.2 Å². The Bertz CT molecular complexity index is 442. The van der Waals surface area contributed by atoms with Crippen molar-refractivity contribution in [2.75, 3.05) is 11.9 Å². The molecule has 19 heavy (non-hydrogen) atoms. The number of benzene rings is 1. The number of anilines is 1. The smallest absolute Gasteiger partial charge is 0.244 e. The summed E-state index contributed by atoms with van der Waals surface area (Å²) in [5.74, 6) is 0.502. The van der Waals surface area contributed by atoms with Crippen molar-refractivity contribution in [2.45, 2.75) is 46.1 Å². The second kappa shape index (κ2) is 6.57. The van der Waals surface area contributed by atoms with Gasteiger partial charge in [-0.2, -0.15) is 0 Å². The van der Waals surface area contributed by atoms with Crippen LogP contribution in [0.1, 0.15) is 39.2 Å². The molecule has 0 heterocycles. The Morgan fingerprint density at radius 1 is 1.42 bits per heavy atom. The SMILES string of the molecule is CCCC(C)(N)C(=O)Nc1ccc(C)cc1OCC. The number of hydrogen-bond acceptors (Lipinski definition) is 3. The highest BCUT2D eigenvalue weighted by molar-refractivity contribution is 5.98. The third-order valence-electron chi connectivity index (χ3n) is 2.97. The largest absolute Gasteiger partial charge is 0.492 e. The van der Waals surface area contributed by atoms with Crippen LogP contribution < -0.4 is 15.8 Å². The van der Waals surface area contributed by atoms with E-state index < -0.39 is 5.54 Å². The van der Waals surface area contributed by atoms with Gasteiger partial charge in [-0.05, 0) is 44.9 Å². The predicted octanol–water partition coefficient (Wildman–Crippen LogP) is 2.85.